The number of amides is 4. The summed E-state index contributed by atoms with van der Waals surface area (Å²) in [6.45, 7) is 7.15. The molecule has 0 radical (unpaired) electrons. The summed E-state index contributed by atoms with van der Waals surface area (Å²) in [5.74, 6) is -2.59. The first-order valence-corrected chi connectivity index (χ1v) is 13.8. The standard InChI is InChI=1S/C30H42N8O5/c1-4-19-7-5-8-20(13-19)14-25(28(42)36-16-26(32)40)38-29(43)24(9-6-10-35-30(33)34)37-27(41)23(31)15-22-17(2)11-21(39)12-18(22)3/h4-5,7-8,11-13,23-25,39H,1,6,9-10,14-16,31H2,2-3H3,(H2,32,40)(H,36,42)(H,37,41)(H,38,43)(H4,33,34,35)/t23-,24+,25-/m0/s1. The number of aryl methyl sites for hydroxylation is 2. The summed E-state index contributed by atoms with van der Waals surface area (Å²) in [6, 6.07) is 7.21. The van der Waals surface area contributed by atoms with Gasteiger partial charge in [-0.2, -0.15) is 0 Å². The molecule has 0 spiro atoms. The van der Waals surface area contributed by atoms with Crippen molar-refractivity contribution in [3.05, 3.63) is 70.8 Å². The number of benzene rings is 2. The summed E-state index contributed by atoms with van der Waals surface area (Å²) in [5.41, 5.74) is 26.1. The SMILES string of the molecule is C=Cc1cccc(C[C@H](NC(=O)[C@@H](CCCN=C(N)N)NC(=O)[C@@H](N)Cc2c(C)cc(O)cc2C)C(=O)NCC(N)=O)c1. The maximum absolute atomic E-state index is 13.5. The van der Waals surface area contributed by atoms with Crippen molar-refractivity contribution in [3.63, 3.8) is 0 Å². The lowest BCUT2D eigenvalue weighted by molar-refractivity contribution is -0.133. The summed E-state index contributed by atoms with van der Waals surface area (Å²) < 4.78 is 0. The van der Waals surface area contributed by atoms with E-state index in [0.29, 0.717) is 6.42 Å². The lowest BCUT2D eigenvalue weighted by atomic mass is 9.95. The molecular weight excluding hydrogens is 552 g/mol. The number of phenols is 1. The fourth-order valence-electron chi connectivity index (χ4n) is 4.52. The lowest BCUT2D eigenvalue weighted by Crippen LogP contribution is -2.57. The van der Waals surface area contributed by atoms with Gasteiger partial charge in [0.15, 0.2) is 5.96 Å². The molecule has 0 bridgehead atoms. The fourth-order valence-corrected chi connectivity index (χ4v) is 4.52. The Bertz CT molecular complexity index is 1330. The number of rotatable bonds is 16. The first-order chi connectivity index (χ1) is 20.3. The summed E-state index contributed by atoms with van der Waals surface area (Å²) >= 11 is 0. The topological polar surface area (TPSA) is 241 Å². The number of nitrogens with two attached hydrogens (primary N) is 4. The Hall–Kier alpha value is -4.91. The Kier molecular flexibility index (Phi) is 13.2. The van der Waals surface area contributed by atoms with E-state index in [0.717, 1.165) is 27.8 Å². The summed E-state index contributed by atoms with van der Waals surface area (Å²) in [5, 5.41) is 17.6. The quantitative estimate of drug-likeness (QED) is 0.0706. The number of primary amides is 1. The van der Waals surface area contributed by atoms with E-state index in [-0.39, 0.29) is 37.5 Å². The first-order valence-electron chi connectivity index (χ1n) is 13.8. The van der Waals surface area contributed by atoms with E-state index in [9.17, 15) is 24.3 Å². The molecule has 13 heteroatoms. The van der Waals surface area contributed by atoms with Crippen molar-refractivity contribution in [3.8, 4) is 5.75 Å². The molecular formula is C30H42N8O5. The molecule has 0 unspecified atom stereocenters. The monoisotopic (exact) mass is 594 g/mol. The lowest BCUT2D eigenvalue weighted by Gasteiger charge is -2.24. The number of carbonyl (C=O) groups excluding carboxylic acids is 4. The second-order valence-electron chi connectivity index (χ2n) is 10.3. The minimum Gasteiger partial charge on any atom is -0.508 e. The van der Waals surface area contributed by atoms with Crippen LogP contribution in [0, 0.1) is 13.8 Å². The van der Waals surface area contributed by atoms with Crippen LogP contribution in [0.4, 0.5) is 0 Å². The Morgan fingerprint density at radius 3 is 2.21 bits per heavy atom. The number of hydrogen-bond donors (Lipinski definition) is 8. The number of nitrogens with one attached hydrogen (secondary N) is 3. The second-order valence-corrected chi connectivity index (χ2v) is 10.3. The van der Waals surface area contributed by atoms with Gasteiger partial charge in [-0.05, 0) is 73.1 Å². The van der Waals surface area contributed by atoms with Crippen molar-refractivity contribution in [1.29, 1.82) is 0 Å². The molecule has 2 rings (SSSR count). The number of guanidine groups is 1. The van der Waals surface area contributed by atoms with Gasteiger partial charge in [-0.1, -0.05) is 36.9 Å². The molecule has 0 saturated heterocycles. The van der Waals surface area contributed by atoms with Crippen molar-refractivity contribution in [2.75, 3.05) is 13.1 Å². The average molecular weight is 595 g/mol. The Morgan fingerprint density at radius 1 is 0.953 bits per heavy atom. The van der Waals surface area contributed by atoms with E-state index in [1.807, 2.05) is 12.1 Å². The van der Waals surface area contributed by atoms with Gasteiger partial charge >= 0.3 is 0 Å². The highest BCUT2D eigenvalue weighted by Gasteiger charge is 2.29. The molecule has 43 heavy (non-hydrogen) atoms. The summed E-state index contributed by atoms with van der Waals surface area (Å²) in [6.07, 6.45) is 2.38. The van der Waals surface area contributed by atoms with Crippen LogP contribution in [0.25, 0.3) is 6.08 Å². The zero-order valence-electron chi connectivity index (χ0n) is 24.6. The first kappa shape index (κ1) is 34.3. The highest BCUT2D eigenvalue weighted by atomic mass is 16.3. The molecule has 0 aliphatic carbocycles. The molecule has 2 aromatic rings. The van der Waals surface area contributed by atoms with Crippen molar-refractivity contribution >= 4 is 35.7 Å². The van der Waals surface area contributed by atoms with Crippen LogP contribution in [0.3, 0.4) is 0 Å². The van der Waals surface area contributed by atoms with Crippen molar-refractivity contribution in [1.82, 2.24) is 16.0 Å². The molecule has 0 aliphatic heterocycles. The minimum absolute atomic E-state index is 0.0889. The number of hydrogen-bond acceptors (Lipinski definition) is 7. The number of phenolic OH excluding ortho intramolecular Hbond substituents is 1. The van der Waals surface area contributed by atoms with Gasteiger partial charge in [0.1, 0.15) is 17.8 Å². The highest BCUT2D eigenvalue weighted by molar-refractivity contribution is 5.94. The van der Waals surface area contributed by atoms with Crippen LogP contribution < -0.4 is 38.9 Å². The van der Waals surface area contributed by atoms with Gasteiger partial charge in [-0.15, -0.1) is 0 Å². The smallest absolute Gasteiger partial charge is 0.243 e. The second kappa shape index (κ2) is 16.5. The molecule has 0 heterocycles. The number of carbonyl (C=O) groups is 4. The van der Waals surface area contributed by atoms with Crippen LogP contribution in [0.5, 0.6) is 5.75 Å². The summed E-state index contributed by atoms with van der Waals surface area (Å²) in [7, 11) is 0. The van der Waals surface area contributed by atoms with Crippen LogP contribution in [0.1, 0.15) is 40.7 Å². The predicted octanol–water partition coefficient (Wildman–Crippen LogP) is -0.611. The molecule has 0 aromatic heterocycles. The van der Waals surface area contributed by atoms with E-state index in [1.54, 1.807) is 44.2 Å². The van der Waals surface area contributed by atoms with Crippen LogP contribution in [0.15, 0.2) is 48.0 Å². The Labute approximate surface area is 251 Å². The van der Waals surface area contributed by atoms with Crippen LogP contribution in [0.2, 0.25) is 0 Å². The van der Waals surface area contributed by atoms with Gasteiger partial charge in [0.25, 0.3) is 0 Å². The van der Waals surface area contributed by atoms with E-state index < -0.39 is 48.3 Å². The average Bonchev–Trinajstić information content (AvgIpc) is 2.94. The van der Waals surface area contributed by atoms with E-state index in [4.69, 9.17) is 22.9 Å². The summed E-state index contributed by atoms with van der Waals surface area (Å²) in [4.78, 5) is 54.9. The highest BCUT2D eigenvalue weighted by Crippen LogP contribution is 2.22. The minimum atomic E-state index is -1.10. The maximum Gasteiger partial charge on any atom is 0.243 e. The van der Waals surface area contributed by atoms with Crippen molar-refractivity contribution in [2.45, 2.75) is 57.7 Å². The molecule has 0 saturated carbocycles. The Morgan fingerprint density at radius 2 is 1.60 bits per heavy atom. The van der Waals surface area contributed by atoms with E-state index in [2.05, 4.69) is 27.5 Å². The maximum atomic E-state index is 13.5. The predicted molar refractivity (Wildman–Crippen MR) is 165 cm³/mol. The molecule has 0 fully saturated rings. The molecule has 0 aliphatic rings. The van der Waals surface area contributed by atoms with Gasteiger partial charge in [-0.3, -0.25) is 24.2 Å². The molecule has 4 amide bonds. The molecule has 232 valence electrons. The molecule has 3 atom stereocenters. The third kappa shape index (κ3) is 11.5. The van der Waals surface area contributed by atoms with Gasteiger partial charge in [0.2, 0.25) is 23.6 Å². The van der Waals surface area contributed by atoms with Crippen LogP contribution in [-0.4, -0.2) is 65.9 Å². The molecule has 12 N–H and O–H groups in total. The van der Waals surface area contributed by atoms with Gasteiger partial charge in [0, 0.05) is 13.0 Å². The zero-order valence-corrected chi connectivity index (χ0v) is 24.6. The normalized spacial score (nSPS) is 12.7. The zero-order chi connectivity index (χ0) is 32.1. The van der Waals surface area contributed by atoms with Gasteiger partial charge < -0.3 is 44.0 Å². The fraction of sp³-hybridized carbons (Fsp3) is 0.367. The van der Waals surface area contributed by atoms with Crippen molar-refractivity contribution in [2.24, 2.45) is 27.9 Å². The van der Waals surface area contributed by atoms with Crippen LogP contribution >= 0.6 is 0 Å². The third-order valence-corrected chi connectivity index (χ3v) is 6.72. The van der Waals surface area contributed by atoms with Gasteiger partial charge in [-0.25, -0.2) is 0 Å². The molecule has 13 nitrogen and oxygen atoms in total. The number of aromatic hydroxyl groups is 1. The van der Waals surface area contributed by atoms with Crippen molar-refractivity contribution < 1.29 is 24.3 Å². The van der Waals surface area contributed by atoms with E-state index >= 15 is 0 Å². The van der Waals surface area contributed by atoms with Gasteiger partial charge in [0.05, 0.1) is 12.6 Å². The van der Waals surface area contributed by atoms with E-state index in [1.165, 1.54) is 0 Å². The number of nitrogens with zero attached hydrogens (tertiary/aromatic N) is 1. The van der Waals surface area contributed by atoms with Crippen LogP contribution in [-0.2, 0) is 32.0 Å². The Balaban J connectivity index is 2.26. The molecule has 2 aromatic carbocycles. The third-order valence-electron chi connectivity index (χ3n) is 6.72. The number of aliphatic imine (C=N–C) groups is 1. The largest absolute Gasteiger partial charge is 0.508 e.